The summed E-state index contributed by atoms with van der Waals surface area (Å²) in [5, 5.41) is 0.823. The maximum Gasteiger partial charge on any atom is 0.0109 e. The molecule has 0 aromatic heterocycles. The summed E-state index contributed by atoms with van der Waals surface area (Å²) in [7, 11) is 0. The molecule has 0 amide bonds. The standard InChI is InChI=1S/C12H21Cl/c1-11(13)7-5-6-10-12-8-3-2-4-9-12/h12H,1-10H2. The molecule has 0 heterocycles. The molecule has 0 nitrogen and oxygen atoms in total. The van der Waals surface area contributed by atoms with Gasteiger partial charge < -0.3 is 0 Å². The quantitative estimate of drug-likeness (QED) is 0.555. The largest absolute Gasteiger partial charge is 0.0898 e. The minimum absolute atomic E-state index is 0.823. The van der Waals surface area contributed by atoms with Gasteiger partial charge in [-0.15, -0.1) is 0 Å². The van der Waals surface area contributed by atoms with Crippen molar-refractivity contribution in [3.63, 3.8) is 0 Å². The second kappa shape index (κ2) is 6.48. The lowest BCUT2D eigenvalue weighted by atomic mass is 9.86. The van der Waals surface area contributed by atoms with Crippen LogP contribution in [-0.2, 0) is 0 Å². The molecule has 0 aliphatic heterocycles. The fourth-order valence-corrected chi connectivity index (χ4v) is 2.36. The highest BCUT2D eigenvalue weighted by molar-refractivity contribution is 6.29. The highest BCUT2D eigenvalue weighted by atomic mass is 35.5. The van der Waals surface area contributed by atoms with Gasteiger partial charge in [0.2, 0.25) is 0 Å². The van der Waals surface area contributed by atoms with Crippen LogP contribution in [0.5, 0.6) is 0 Å². The molecule has 1 rings (SSSR count). The molecule has 0 N–H and O–H groups in total. The van der Waals surface area contributed by atoms with Crippen molar-refractivity contribution < 1.29 is 0 Å². The van der Waals surface area contributed by atoms with Crippen LogP contribution in [0.25, 0.3) is 0 Å². The zero-order valence-corrected chi connectivity index (χ0v) is 9.28. The molecule has 1 aliphatic carbocycles. The van der Waals surface area contributed by atoms with E-state index >= 15 is 0 Å². The molecule has 13 heavy (non-hydrogen) atoms. The summed E-state index contributed by atoms with van der Waals surface area (Å²) in [4.78, 5) is 0. The van der Waals surface area contributed by atoms with Crippen molar-refractivity contribution in [1.29, 1.82) is 0 Å². The highest BCUT2D eigenvalue weighted by Crippen LogP contribution is 2.28. The van der Waals surface area contributed by atoms with Crippen molar-refractivity contribution in [2.75, 3.05) is 0 Å². The maximum absolute atomic E-state index is 5.70. The molecule has 1 aliphatic rings. The van der Waals surface area contributed by atoms with Gasteiger partial charge in [0.1, 0.15) is 0 Å². The van der Waals surface area contributed by atoms with Crippen LogP contribution < -0.4 is 0 Å². The third-order valence-electron chi connectivity index (χ3n) is 3.04. The van der Waals surface area contributed by atoms with E-state index in [2.05, 4.69) is 6.58 Å². The highest BCUT2D eigenvalue weighted by Gasteiger charge is 2.12. The molecule has 1 saturated carbocycles. The summed E-state index contributed by atoms with van der Waals surface area (Å²) < 4.78 is 0. The van der Waals surface area contributed by atoms with E-state index in [9.17, 15) is 0 Å². The second-order valence-corrected chi connectivity index (χ2v) is 4.80. The van der Waals surface area contributed by atoms with Gasteiger partial charge in [-0.2, -0.15) is 0 Å². The molecule has 0 bridgehead atoms. The summed E-state index contributed by atoms with van der Waals surface area (Å²) in [5.41, 5.74) is 0. The van der Waals surface area contributed by atoms with Gasteiger partial charge in [0.25, 0.3) is 0 Å². The molecule has 0 atom stereocenters. The normalized spacial score (nSPS) is 18.8. The average Bonchev–Trinajstić information content (AvgIpc) is 2.14. The molecule has 76 valence electrons. The van der Waals surface area contributed by atoms with E-state index in [1.165, 1.54) is 51.4 Å². The summed E-state index contributed by atoms with van der Waals surface area (Å²) in [5.74, 6) is 1.03. The van der Waals surface area contributed by atoms with Crippen molar-refractivity contribution in [3.05, 3.63) is 11.6 Å². The number of allylic oxidation sites excluding steroid dienone is 1. The molecule has 0 aromatic rings. The summed E-state index contributed by atoms with van der Waals surface area (Å²) in [6, 6.07) is 0. The smallest absolute Gasteiger partial charge is 0.0109 e. The number of rotatable bonds is 5. The monoisotopic (exact) mass is 200 g/mol. The minimum atomic E-state index is 0.823. The van der Waals surface area contributed by atoms with Gasteiger partial charge in [-0.1, -0.05) is 63.1 Å². The van der Waals surface area contributed by atoms with Crippen molar-refractivity contribution in [3.8, 4) is 0 Å². The third-order valence-corrected chi connectivity index (χ3v) is 3.22. The Morgan fingerprint density at radius 1 is 1.15 bits per heavy atom. The Bertz CT molecular complexity index is 145. The van der Waals surface area contributed by atoms with Crippen molar-refractivity contribution in [2.45, 2.75) is 57.8 Å². The first-order chi connectivity index (χ1) is 6.29. The number of halogens is 1. The predicted molar refractivity (Wildman–Crippen MR) is 60.0 cm³/mol. The fourth-order valence-electron chi connectivity index (χ4n) is 2.23. The Morgan fingerprint density at radius 3 is 2.46 bits per heavy atom. The van der Waals surface area contributed by atoms with E-state index in [1.54, 1.807) is 0 Å². The van der Waals surface area contributed by atoms with Crippen LogP contribution >= 0.6 is 11.6 Å². The predicted octanol–water partition coefficient (Wildman–Crippen LogP) is 4.88. The fraction of sp³-hybridized carbons (Fsp3) is 0.833. The van der Waals surface area contributed by atoms with Gasteiger partial charge in [0, 0.05) is 5.03 Å². The summed E-state index contributed by atoms with van der Waals surface area (Å²) >= 11 is 5.70. The van der Waals surface area contributed by atoms with Gasteiger partial charge in [-0.25, -0.2) is 0 Å². The van der Waals surface area contributed by atoms with E-state index in [1.807, 2.05) is 0 Å². The molecule has 1 heteroatoms. The van der Waals surface area contributed by atoms with Gasteiger partial charge in [-0.3, -0.25) is 0 Å². The molecule has 1 fully saturated rings. The molecule has 0 aromatic carbocycles. The Hall–Kier alpha value is 0.0300. The third kappa shape index (κ3) is 5.36. The molecular weight excluding hydrogens is 180 g/mol. The summed E-state index contributed by atoms with van der Waals surface area (Å²) in [6.45, 7) is 3.70. The molecule has 0 radical (unpaired) electrons. The number of hydrogen-bond donors (Lipinski definition) is 0. The Morgan fingerprint density at radius 2 is 1.85 bits per heavy atom. The average molecular weight is 201 g/mol. The van der Waals surface area contributed by atoms with Crippen LogP contribution in [0.3, 0.4) is 0 Å². The lowest BCUT2D eigenvalue weighted by Gasteiger charge is -2.21. The summed E-state index contributed by atoms with van der Waals surface area (Å²) in [6.07, 6.45) is 12.4. The van der Waals surface area contributed by atoms with Crippen LogP contribution in [-0.4, -0.2) is 0 Å². The van der Waals surface area contributed by atoms with E-state index < -0.39 is 0 Å². The zero-order valence-electron chi connectivity index (χ0n) is 8.53. The van der Waals surface area contributed by atoms with E-state index in [4.69, 9.17) is 11.6 Å². The molecule has 0 unspecified atom stereocenters. The van der Waals surface area contributed by atoms with Crippen molar-refractivity contribution >= 4 is 11.6 Å². The Balaban J connectivity index is 1.95. The molecular formula is C12H21Cl. The first kappa shape index (κ1) is 11.1. The van der Waals surface area contributed by atoms with Crippen LogP contribution in [0.1, 0.15) is 57.8 Å². The maximum atomic E-state index is 5.70. The van der Waals surface area contributed by atoms with Crippen LogP contribution in [0.2, 0.25) is 0 Å². The zero-order chi connectivity index (χ0) is 9.52. The van der Waals surface area contributed by atoms with Gasteiger partial charge >= 0.3 is 0 Å². The van der Waals surface area contributed by atoms with E-state index in [0.29, 0.717) is 0 Å². The Kier molecular flexibility index (Phi) is 5.54. The number of hydrogen-bond acceptors (Lipinski definition) is 0. The Labute approximate surface area is 87.4 Å². The van der Waals surface area contributed by atoms with Crippen LogP contribution in [0.15, 0.2) is 11.6 Å². The van der Waals surface area contributed by atoms with Gasteiger partial charge in [-0.05, 0) is 18.8 Å². The lowest BCUT2D eigenvalue weighted by molar-refractivity contribution is 0.330. The molecule has 0 saturated heterocycles. The van der Waals surface area contributed by atoms with E-state index in [0.717, 1.165) is 17.4 Å². The van der Waals surface area contributed by atoms with Gasteiger partial charge in [0.05, 0.1) is 0 Å². The van der Waals surface area contributed by atoms with Crippen molar-refractivity contribution in [1.82, 2.24) is 0 Å². The SMILES string of the molecule is C=C(Cl)CCCCC1CCCCC1. The van der Waals surface area contributed by atoms with Crippen LogP contribution in [0.4, 0.5) is 0 Å². The minimum Gasteiger partial charge on any atom is -0.0898 e. The first-order valence-corrected chi connectivity index (χ1v) is 6.00. The number of unbranched alkanes of at least 4 members (excludes halogenated alkanes) is 1. The van der Waals surface area contributed by atoms with Crippen molar-refractivity contribution in [2.24, 2.45) is 5.92 Å². The van der Waals surface area contributed by atoms with Gasteiger partial charge in [0.15, 0.2) is 0 Å². The van der Waals surface area contributed by atoms with E-state index in [-0.39, 0.29) is 0 Å². The van der Waals surface area contributed by atoms with Crippen LogP contribution in [0, 0.1) is 5.92 Å². The topological polar surface area (TPSA) is 0 Å². The molecule has 0 spiro atoms. The lowest BCUT2D eigenvalue weighted by Crippen LogP contribution is -2.05. The first-order valence-electron chi connectivity index (χ1n) is 5.62. The second-order valence-electron chi connectivity index (χ2n) is 4.27.